The summed E-state index contributed by atoms with van der Waals surface area (Å²) in [6, 6.07) is 8.21. The van der Waals surface area contributed by atoms with E-state index in [2.05, 4.69) is 28.2 Å². The fourth-order valence-electron chi connectivity index (χ4n) is 3.51. The van der Waals surface area contributed by atoms with Crippen LogP contribution in [0.1, 0.15) is 17.7 Å². The molecule has 2 aromatic heterocycles. The van der Waals surface area contributed by atoms with E-state index >= 15 is 0 Å². The van der Waals surface area contributed by atoms with E-state index in [-0.39, 0.29) is 16.8 Å². The minimum absolute atomic E-state index is 0.0688. The van der Waals surface area contributed by atoms with Crippen molar-refractivity contribution >= 4 is 50.4 Å². The number of fused-ring (bicyclic) bond motifs is 1. The number of piperidine rings is 1. The van der Waals surface area contributed by atoms with Gasteiger partial charge in [0.15, 0.2) is 0 Å². The van der Waals surface area contributed by atoms with Crippen molar-refractivity contribution in [1.82, 2.24) is 4.98 Å². The molecule has 1 aliphatic rings. The molecule has 140 valence electrons. The minimum Gasteiger partial charge on any atom is -0.356 e. The van der Waals surface area contributed by atoms with Crippen LogP contribution < -0.4 is 10.2 Å². The summed E-state index contributed by atoms with van der Waals surface area (Å²) >= 11 is 7.77. The van der Waals surface area contributed by atoms with Gasteiger partial charge in [-0.15, -0.1) is 11.3 Å². The normalized spacial score (nSPS) is 15.3. The first-order chi connectivity index (χ1) is 13.0. The zero-order valence-corrected chi connectivity index (χ0v) is 16.4. The first-order valence-electron chi connectivity index (χ1n) is 8.87. The number of amides is 1. The number of pyridine rings is 1. The number of hydrogen-bond acceptors (Lipinski definition) is 4. The van der Waals surface area contributed by atoms with Crippen molar-refractivity contribution in [1.29, 1.82) is 0 Å². The maximum absolute atomic E-state index is 13.1. The van der Waals surface area contributed by atoms with Crippen molar-refractivity contribution in [3.05, 3.63) is 52.2 Å². The van der Waals surface area contributed by atoms with Crippen LogP contribution in [0.4, 0.5) is 15.9 Å². The van der Waals surface area contributed by atoms with Crippen LogP contribution in [-0.4, -0.2) is 24.0 Å². The van der Waals surface area contributed by atoms with Crippen LogP contribution in [0.2, 0.25) is 5.02 Å². The molecule has 0 saturated carbocycles. The number of nitrogens with one attached hydrogen (secondary N) is 1. The van der Waals surface area contributed by atoms with E-state index in [1.54, 1.807) is 11.3 Å². The molecule has 3 aromatic rings. The lowest BCUT2D eigenvalue weighted by molar-refractivity contribution is -0.120. The van der Waals surface area contributed by atoms with Crippen molar-refractivity contribution in [2.45, 2.75) is 19.8 Å². The quantitative estimate of drug-likeness (QED) is 0.649. The van der Waals surface area contributed by atoms with Gasteiger partial charge < -0.3 is 10.2 Å². The summed E-state index contributed by atoms with van der Waals surface area (Å²) in [5, 5.41) is 4.22. The number of rotatable bonds is 3. The molecule has 7 heteroatoms. The molecule has 1 aromatic carbocycles. The van der Waals surface area contributed by atoms with Crippen molar-refractivity contribution in [3.8, 4) is 0 Å². The highest BCUT2D eigenvalue weighted by atomic mass is 35.5. The summed E-state index contributed by atoms with van der Waals surface area (Å²) in [7, 11) is 0. The third-order valence-electron chi connectivity index (χ3n) is 4.90. The number of anilines is 2. The summed E-state index contributed by atoms with van der Waals surface area (Å²) in [5.41, 5.74) is 0.450. The van der Waals surface area contributed by atoms with Crippen molar-refractivity contribution < 1.29 is 9.18 Å². The van der Waals surface area contributed by atoms with E-state index in [0.29, 0.717) is 5.69 Å². The van der Waals surface area contributed by atoms with Crippen LogP contribution in [0.25, 0.3) is 10.1 Å². The molecule has 0 radical (unpaired) electrons. The number of nitrogens with zero attached hydrogens (tertiary/aromatic N) is 2. The Balaban J connectivity index is 1.43. The summed E-state index contributed by atoms with van der Waals surface area (Å²) in [5.74, 6) is 0.417. The van der Waals surface area contributed by atoms with E-state index in [0.717, 1.165) is 31.7 Å². The molecule has 1 saturated heterocycles. The number of thiophene rings is 1. The molecule has 0 spiro atoms. The van der Waals surface area contributed by atoms with Gasteiger partial charge in [0.1, 0.15) is 11.6 Å². The van der Waals surface area contributed by atoms with Gasteiger partial charge in [0.2, 0.25) is 5.91 Å². The van der Waals surface area contributed by atoms with Crippen LogP contribution in [0.3, 0.4) is 0 Å². The lowest BCUT2D eigenvalue weighted by Gasteiger charge is -2.32. The molecule has 3 heterocycles. The Hall–Kier alpha value is -2.18. The molecule has 1 amide bonds. The molecular formula is C20H19ClFN3OS. The van der Waals surface area contributed by atoms with Crippen LogP contribution in [-0.2, 0) is 4.79 Å². The Labute approximate surface area is 166 Å². The number of aryl methyl sites for hydroxylation is 1. The summed E-state index contributed by atoms with van der Waals surface area (Å²) in [6.07, 6.45) is 3.33. The van der Waals surface area contributed by atoms with E-state index in [4.69, 9.17) is 11.6 Å². The molecule has 1 N–H and O–H groups in total. The van der Waals surface area contributed by atoms with Gasteiger partial charge in [-0.05, 0) is 50.1 Å². The third kappa shape index (κ3) is 3.77. The van der Waals surface area contributed by atoms with Gasteiger partial charge in [0, 0.05) is 40.2 Å². The highest BCUT2D eigenvalue weighted by Gasteiger charge is 2.27. The van der Waals surface area contributed by atoms with E-state index in [1.807, 2.05) is 12.3 Å². The zero-order chi connectivity index (χ0) is 19.0. The standard InChI is InChI=1S/C20H19ClFN3OS/c1-12-10-15-18(27-12)4-7-23-19(15)25-8-5-13(6-9-25)20(26)24-17-3-2-14(22)11-16(17)21/h2-4,7,10-11,13H,5-6,8-9H2,1H3,(H,24,26). The van der Waals surface area contributed by atoms with E-state index in [9.17, 15) is 9.18 Å². The van der Waals surface area contributed by atoms with Crippen molar-refractivity contribution in [2.24, 2.45) is 5.92 Å². The number of carbonyl (C=O) groups is 1. The van der Waals surface area contributed by atoms with E-state index in [1.165, 1.54) is 33.2 Å². The molecule has 27 heavy (non-hydrogen) atoms. The highest BCUT2D eigenvalue weighted by Crippen LogP contribution is 2.33. The largest absolute Gasteiger partial charge is 0.356 e. The summed E-state index contributed by atoms with van der Waals surface area (Å²) in [6.45, 7) is 3.65. The minimum atomic E-state index is -0.420. The number of halogens is 2. The Kier molecular flexibility index (Phi) is 5.02. The van der Waals surface area contributed by atoms with Crippen LogP contribution in [0, 0.1) is 18.7 Å². The average molecular weight is 404 g/mol. The first-order valence-corrected chi connectivity index (χ1v) is 10.1. The van der Waals surface area contributed by atoms with Gasteiger partial charge in [-0.25, -0.2) is 9.37 Å². The predicted molar refractivity (Wildman–Crippen MR) is 109 cm³/mol. The fourth-order valence-corrected chi connectivity index (χ4v) is 4.63. The number of benzene rings is 1. The Bertz CT molecular complexity index is 998. The second-order valence-electron chi connectivity index (χ2n) is 6.78. The number of carbonyl (C=O) groups excluding carboxylic acids is 1. The lowest BCUT2D eigenvalue weighted by Crippen LogP contribution is -2.38. The molecule has 1 fully saturated rings. The molecule has 4 rings (SSSR count). The smallest absolute Gasteiger partial charge is 0.227 e. The van der Waals surface area contributed by atoms with Crippen molar-refractivity contribution in [2.75, 3.05) is 23.3 Å². The zero-order valence-electron chi connectivity index (χ0n) is 14.8. The second-order valence-corrected chi connectivity index (χ2v) is 8.47. The van der Waals surface area contributed by atoms with Gasteiger partial charge in [-0.2, -0.15) is 0 Å². The second kappa shape index (κ2) is 7.44. The molecule has 0 aliphatic carbocycles. The Morgan fingerprint density at radius 1 is 1.30 bits per heavy atom. The SMILES string of the molecule is Cc1cc2c(N3CCC(C(=O)Nc4ccc(F)cc4Cl)CC3)nccc2s1. The maximum atomic E-state index is 13.1. The predicted octanol–water partition coefficient (Wildman–Crippen LogP) is 5.25. The molecule has 1 aliphatic heterocycles. The summed E-state index contributed by atoms with van der Waals surface area (Å²) < 4.78 is 14.4. The Morgan fingerprint density at radius 2 is 2.07 bits per heavy atom. The number of aromatic nitrogens is 1. The Morgan fingerprint density at radius 3 is 2.81 bits per heavy atom. The van der Waals surface area contributed by atoms with Gasteiger partial charge in [0.25, 0.3) is 0 Å². The first kappa shape index (κ1) is 18.2. The van der Waals surface area contributed by atoms with Gasteiger partial charge in [-0.3, -0.25) is 4.79 Å². The third-order valence-corrected chi connectivity index (χ3v) is 6.23. The lowest BCUT2D eigenvalue weighted by atomic mass is 9.95. The summed E-state index contributed by atoms with van der Waals surface area (Å²) in [4.78, 5) is 20.7. The van der Waals surface area contributed by atoms with E-state index < -0.39 is 5.82 Å². The average Bonchev–Trinajstić information content (AvgIpc) is 3.04. The van der Waals surface area contributed by atoms with Gasteiger partial charge in [-0.1, -0.05) is 11.6 Å². The van der Waals surface area contributed by atoms with Crippen LogP contribution >= 0.6 is 22.9 Å². The maximum Gasteiger partial charge on any atom is 0.227 e. The highest BCUT2D eigenvalue weighted by molar-refractivity contribution is 7.19. The topological polar surface area (TPSA) is 45.2 Å². The molecule has 0 bridgehead atoms. The molecule has 0 atom stereocenters. The van der Waals surface area contributed by atoms with Gasteiger partial charge >= 0.3 is 0 Å². The van der Waals surface area contributed by atoms with Crippen LogP contribution in [0.5, 0.6) is 0 Å². The van der Waals surface area contributed by atoms with Crippen LogP contribution in [0.15, 0.2) is 36.5 Å². The molecule has 0 unspecified atom stereocenters. The monoisotopic (exact) mass is 403 g/mol. The molecule has 4 nitrogen and oxygen atoms in total. The fraction of sp³-hybridized carbons (Fsp3) is 0.300. The van der Waals surface area contributed by atoms with Gasteiger partial charge in [0.05, 0.1) is 10.7 Å². The molecular weight excluding hydrogens is 385 g/mol. The van der Waals surface area contributed by atoms with Crippen molar-refractivity contribution in [3.63, 3.8) is 0 Å². The number of hydrogen-bond donors (Lipinski definition) is 1.